The summed E-state index contributed by atoms with van der Waals surface area (Å²) in [5.74, 6) is 1.62. The standard InChI is InChI=1S/C21H23NO6S/c1-3-27-15-4-7-17(8-5-15)29(24,25)22-11-10-21(14-22)13-19(23)18-12-16(26-2)6-9-20(18)28-21/h4-9,12H,3,10-11,13-14H2,1-2H3. The van der Waals surface area contributed by atoms with E-state index in [1.165, 1.54) is 11.4 Å². The first-order valence-electron chi connectivity index (χ1n) is 9.50. The molecule has 1 spiro atoms. The van der Waals surface area contributed by atoms with E-state index in [1.807, 2.05) is 6.92 Å². The van der Waals surface area contributed by atoms with Crippen LogP contribution in [0.15, 0.2) is 47.4 Å². The molecule has 2 aliphatic rings. The van der Waals surface area contributed by atoms with E-state index in [0.29, 0.717) is 42.4 Å². The molecule has 7 nitrogen and oxygen atoms in total. The second kappa shape index (κ2) is 7.35. The second-order valence-electron chi connectivity index (χ2n) is 7.24. The van der Waals surface area contributed by atoms with Crippen LogP contribution in [0.2, 0.25) is 0 Å². The molecule has 1 fully saturated rings. The van der Waals surface area contributed by atoms with Crippen molar-refractivity contribution in [2.45, 2.75) is 30.3 Å². The number of hydrogen-bond acceptors (Lipinski definition) is 6. The first-order valence-corrected chi connectivity index (χ1v) is 10.9. The monoisotopic (exact) mass is 417 g/mol. The van der Waals surface area contributed by atoms with Crippen LogP contribution in [0.25, 0.3) is 0 Å². The van der Waals surface area contributed by atoms with E-state index in [-0.39, 0.29) is 23.6 Å². The van der Waals surface area contributed by atoms with Gasteiger partial charge in [-0.05, 0) is 49.4 Å². The minimum absolute atomic E-state index is 0.0644. The van der Waals surface area contributed by atoms with Crippen molar-refractivity contribution in [1.82, 2.24) is 4.31 Å². The van der Waals surface area contributed by atoms with Gasteiger partial charge in [-0.1, -0.05) is 0 Å². The number of benzene rings is 2. The summed E-state index contributed by atoms with van der Waals surface area (Å²) in [5, 5.41) is 0. The van der Waals surface area contributed by atoms with Gasteiger partial charge in [0.2, 0.25) is 10.0 Å². The van der Waals surface area contributed by atoms with Crippen LogP contribution in [0.1, 0.15) is 30.1 Å². The highest BCUT2D eigenvalue weighted by Crippen LogP contribution is 2.41. The number of sulfonamides is 1. The summed E-state index contributed by atoms with van der Waals surface area (Å²) in [6.45, 7) is 2.82. The van der Waals surface area contributed by atoms with Gasteiger partial charge in [0.25, 0.3) is 0 Å². The number of nitrogens with zero attached hydrogens (tertiary/aromatic N) is 1. The van der Waals surface area contributed by atoms with Crippen LogP contribution in [-0.2, 0) is 10.0 Å². The fourth-order valence-corrected chi connectivity index (χ4v) is 5.38. The normalized spacial score (nSPS) is 21.7. The lowest BCUT2D eigenvalue weighted by atomic mass is 9.89. The van der Waals surface area contributed by atoms with E-state index >= 15 is 0 Å². The van der Waals surface area contributed by atoms with Gasteiger partial charge in [-0.25, -0.2) is 8.42 Å². The average molecular weight is 417 g/mol. The molecular weight excluding hydrogens is 394 g/mol. The van der Waals surface area contributed by atoms with Gasteiger partial charge in [-0.3, -0.25) is 4.79 Å². The van der Waals surface area contributed by atoms with Crippen molar-refractivity contribution in [2.24, 2.45) is 0 Å². The van der Waals surface area contributed by atoms with Crippen molar-refractivity contribution in [3.8, 4) is 17.2 Å². The predicted octanol–water partition coefficient (Wildman–Crippen LogP) is 2.89. The van der Waals surface area contributed by atoms with E-state index in [4.69, 9.17) is 14.2 Å². The van der Waals surface area contributed by atoms with Gasteiger partial charge in [0.1, 0.15) is 22.8 Å². The predicted molar refractivity (Wildman–Crippen MR) is 106 cm³/mol. The molecule has 0 aliphatic carbocycles. The van der Waals surface area contributed by atoms with Gasteiger partial charge in [0.15, 0.2) is 5.78 Å². The molecule has 1 unspecified atom stereocenters. The van der Waals surface area contributed by atoms with Gasteiger partial charge in [0, 0.05) is 13.0 Å². The summed E-state index contributed by atoms with van der Waals surface area (Å²) in [6, 6.07) is 11.5. The highest BCUT2D eigenvalue weighted by molar-refractivity contribution is 7.89. The Hall–Kier alpha value is -2.58. The summed E-state index contributed by atoms with van der Waals surface area (Å²) in [5.41, 5.74) is -0.361. The topological polar surface area (TPSA) is 82.1 Å². The highest BCUT2D eigenvalue weighted by Gasteiger charge is 2.49. The lowest BCUT2D eigenvalue weighted by Crippen LogP contribution is -2.45. The highest BCUT2D eigenvalue weighted by atomic mass is 32.2. The van der Waals surface area contributed by atoms with Crippen LogP contribution < -0.4 is 14.2 Å². The molecule has 154 valence electrons. The van der Waals surface area contributed by atoms with Crippen molar-refractivity contribution in [2.75, 3.05) is 26.8 Å². The zero-order valence-corrected chi connectivity index (χ0v) is 17.2. The molecule has 1 saturated heterocycles. The zero-order valence-electron chi connectivity index (χ0n) is 16.4. The Balaban J connectivity index is 1.55. The second-order valence-corrected chi connectivity index (χ2v) is 9.18. The fraction of sp³-hybridized carbons (Fsp3) is 0.381. The minimum Gasteiger partial charge on any atom is -0.497 e. The Kier molecular flexibility index (Phi) is 5.00. The Morgan fingerprint density at radius 1 is 1.14 bits per heavy atom. The molecule has 0 saturated carbocycles. The number of carbonyl (C=O) groups is 1. The molecule has 2 aliphatic heterocycles. The van der Waals surface area contributed by atoms with E-state index in [2.05, 4.69) is 0 Å². The maximum Gasteiger partial charge on any atom is 0.243 e. The number of ether oxygens (including phenoxy) is 3. The van der Waals surface area contributed by atoms with Crippen molar-refractivity contribution in [3.05, 3.63) is 48.0 Å². The number of ketones is 1. The quantitative estimate of drug-likeness (QED) is 0.744. The molecule has 0 amide bonds. The Bertz CT molecular complexity index is 1030. The van der Waals surface area contributed by atoms with Crippen molar-refractivity contribution < 1.29 is 27.4 Å². The van der Waals surface area contributed by atoms with Crippen molar-refractivity contribution >= 4 is 15.8 Å². The average Bonchev–Trinajstić information content (AvgIpc) is 3.12. The van der Waals surface area contributed by atoms with E-state index < -0.39 is 15.6 Å². The Morgan fingerprint density at radius 3 is 2.55 bits per heavy atom. The van der Waals surface area contributed by atoms with Gasteiger partial charge in [0.05, 0.1) is 37.1 Å². The lowest BCUT2D eigenvalue weighted by Gasteiger charge is -2.34. The molecule has 0 radical (unpaired) electrons. The molecular formula is C21H23NO6S. The van der Waals surface area contributed by atoms with Crippen LogP contribution in [-0.4, -0.2) is 50.9 Å². The summed E-state index contributed by atoms with van der Waals surface area (Å²) in [6.07, 6.45) is 0.600. The van der Waals surface area contributed by atoms with Crippen LogP contribution in [0.4, 0.5) is 0 Å². The van der Waals surface area contributed by atoms with Crippen molar-refractivity contribution in [3.63, 3.8) is 0 Å². The third-order valence-corrected chi connectivity index (χ3v) is 7.21. The Labute approximate surface area is 170 Å². The number of hydrogen-bond donors (Lipinski definition) is 0. The number of fused-ring (bicyclic) bond motifs is 1. The smallest absolute Gasteiger partial charge is 0.243 e. The van der Waals surface area contributed by atoms with Crippen LogP contribution in [0.3, 0.4) is 0 Å². The molecule has 0 bridgehead atoms. The summed E-state index contributed by atoms with van der Waals surface area (Å²) < 4.78 is 44.2. The molecule has 2 aromatic carbocycles. The molecule has 1 atom stereocenters. The largest absolute Gasteiger partial charge is 0.497 e. The van der Waals surface area contributed by atoms with Gasteiger partial charge < -0.3 is 14.2 Å². The summed E-state index contributed by atoms with van der Waals surface area (Å²) in [7, 11) is -2.15. The van der Waals surface area contributed by atoms with Gasteiger partial charge >= 0.3 is 0 Å². The van der Waals surface area contributed by atoms with Crippen LogP contribution >= 0.6 is 0 Å². The van der Waals surface area contributed by atoms with E-state index in [1.54, 1.807) is 42.5 Å². The van der Waals surface area contributed by atoms with E-state index in [9.17, 15) is 13.2 Å². The zero-order chi connectivity index (χ0) is 20.6. The number of Topliss-reactive ketones (excluding diaryl/α,β-unsaturated/α-hetero) is 1. The lowest BCUT2D eigenvalue weighted by molar-refractivity contribution is 0.0497. The Morgan fingerprint density at radius 2 is 1.86 bits per heavy atom. The maximum absolute atomic E-state index is 13.1. The third-order valence-electron chi connectivity index (χ3n) is 5.35. The molecule has 0 aromatic heterocycles. The summed E-state index contributed by atoms with van der Waals surface area (Å²) in [4.78, 5) is 12.9. The molecule has 2 aromatic rings. The molecule has 29 heavy (non-hydrogen) atoms. The van der Waals surface area contributed by atoms with Crippen molar-refractivity contribution in [1.29, 1.82) is 0 Å². The maximum atomic E-state index is 13.1. The van der Waals surface area contributed by atoms with E-state index in [0.717, 1.165) is 0 Å². The molecule has 8 heteroatoms. The summed E-state index contributed by atoms with van der Waals surface area (Å²) >= 11 is 0. The molecule has 0 N–H and O–H groups in total. The fourth-order valence-electron chi connectivity index (χ4n) is 3.86. The molecule has 4 rings (SSSR count). The SMILES string of the molecule is CCOc1ccc(S(=O)(=O)N2CCC3(CC(=O)c4cc(OC)ccc4O3)C2)cc1. The van der Waals surface area contributed by atoms with Gasteiger partial charge in [-0.2, -0.15) is 4.31 Å². The van der Waals surface area contributed by atoms with Gasteiger partial charge in [-0.15, -0.1) is 0 Å². The van der Waals surface area contributed by atoms with Crippen LogP contribution in [0, 0.1) is 0 Å². The first-order chi connectivity index (χ1) is 13.9. The number of carbonyl (C=O) groups excluding carboxylic acids is 1. The van der Waals surface area contributed by atoms with Crippen LogP contribution in [0.5, 0.6) is 17.2 Å². The molecule has 2 heterocycles. The number of methoxy groups -OCH3 is 1. The minimum atomic E-state index is -3.68. The third kappa shape index (κ3) is 3.58. The first kappa shape index (κ1) is 19.7. The number of rotatable bonds is 5.